The number of methoxy groups -OCH3 is 1. The van der Waals surface area contributed by atoms with Gasteiger partial charge in [-0.25, -0.2) is 9.97 Å². The predicted octanol–water partition coefficient (Wildman–Crippen LogP) is 4.05. The number of nitrogens with one attached hydrogen (secondary N) is 1. The SMILES string of the molecule is COc1ccccc1Nc1c(-c2nc(C)no2)cnc2nc(C)ccc12. The van der Waals surface area contributed by atoms with Gasteiger partial charge < -0.3 is 14.6 Å². The lowest BCUT2D eigenvalue weighted by molar-refractivity contribution is 0.417. The molecule has 3 aromatic heterocycles. The third kappa shape index (κ3) is 2.83. The molecule has 130 valence electrons. The summed E-state index contributed by atoms with van der Waals surface area (Å²) in [4.78, 5) is 13.3. The summed E-state index contributed by atoms with van der Waals surface area (Å²) in [6.07, 6.45) is 1.69. The molecule has 3 heterocycles. The van der Waals surface area contributed by atoms with Crippen molar-refractivity contribution < 1.29 is 9.26 Å². The number of hydrogen-bond donors (Lipinski definition) is 1. The molecule has 4 rings (SSSR count). The minimum atomic E-state index is 0.398. The van der Waals surface area contributed by atoms with E-state index in [1.54, 1.807) is 20.2 Å². The van der Waals surface area contributed by atoms with Crippen LogP contribution >= 0.6 is 0 Å². The van der Waals surface area contributed by atoms with E-state index in [1.165, 1.54) is 0 Å². The van der Waals surface area contributed by atoms with E-state index in [1.807, 2.05) is 43.3 Å². The summed E-state index contributed by atoms with van der Waals surface area (Å²) in [5.74, 6) is 1.69. The van der Waals surface area contributed by atoms with Crippen LogP contribution in [0.2, 0.25) is 0 Å². The molecule has 0 aliphatic heterocycles. The highest BCUT2D eigenvalue weighted by atomic mass is 16.5. The number of pyridine rings is 2. The molecule has 7 heteroatoms. The van der Waals surface area contributed by atoms with Crippen molar-refractivity contribution in [2.75, 3.05) is 12.4 Å². The van der Waals surface area contributed by atoms with Crippen LogP contribution in [0.1, 0.15) is 11.5 Å². The third-order valence-electron chi connectivity index (χ3n) is 3.99. The van der Waals surface area contributed by atoms with Crippen LogP contribution in [-0.2, 0) is 0 Å². The van der Waals surface area contributed by atoms with Crippen LogP contribution in [-0.4, -0.2) is 27.2 Å². The fraction of sp³-hybridized carbons (Fsp3) is 0.158. The number of ether oxygens (including phenoxy) is 1. The number of para-hydroxylation sites is 2. The second kappa shape index (κ2) is 6.44. The maximum Gasteiger partial charge on any atom is 0.261 e. The molecular weight excluding hydrogens is 330 g/mol. The Labute approximate surface area is 150 Å². The molecule has 0 saturated carbocycles. The van der Waals surface area contributed by atoms with Gasteiger partial charge in [0.1, 0.15) is 5.75 Å². The van der Waals surface area contributed by atoms with E-state index in [2.05, 4.69) is 25.4 Å². The normalized spacial score (nSPS) is 10.9. The average molecular weight is 347 g/mol. The first kappa shape index (κ1) is 16.0. The van der Waals surface area contributed by atoms with Gasteiger partial charge in [0, 0.05) is 17.3 Å². The Morgan fingerprint density at radius 1 is 1.04 bits per heavy atom. The fourth-order valence-corrected chi connectivity index (χ4v) is 2.76. The Balaban J connectivity index is 1.94. The van der Waals surface area contributed by atoms with Crippen molar-refractivity contribution in [1.29, 1.82) is 0 Å². The Bertz CT molecular complexity index is 1090. The number of hydrogen-bond acceptors (Lipinski definition) is 7. The highest BCUT2D eigenvalue weighted by Gasteiger charge is 2.18. The summed E-state index contributed by atoms with van der Waals surface area (Å²) in [5, 5.41) is 8.17. The first-order valence-corrected chi connectivity index (χ1v) is 8.13. The van der Waals surface area contributed by atoms with E-state index in [9.17, 15) is 0 Å². The number of rotatable bonds is 4. The molecule has 4 aromatic rings. The summed E-state index contributed by atoms with van der Waals surface area (Å²) in [6, 6.07) is 11.6. The second-order valence-electron chi connectivity index (χ2n) is 5.84. The number of aromatic nitrogens is 4. The molecule has 1 aromatic carbocycles. The number of fused-ring (bicyclic) bond motifs is 1. The molecule has 1 N–H and O–H groups in total. The van der Waals surface area contributed by atoms with E-state index >= 15 is 0 Å². The van der Waals surface area contributed by atoms with Crippen LogP contribution in [0.3, 0.4) is 0 Å². The maximum atomic E-state index is 5.45. The molecule has 26 heavy (non-hydrogen) atoms. The van der Waals surface area contributed by atoms with E-state index in [0.29, 0.717) is 22.9 Å². The van der Waals surface area contributed by atoms with Crippen molar-refractivity contribution in [3.63, 3.8) is 0 Å². The Morgan fingerprint density at radius 2 is 1.88 bits per heavy atom. The quantitative estimate of drug-likeness (QED) is 0.596. The van der Waals surface area contributed by atoms with Gasteiger partial charge in [0.15, 0.2) is 11.5 Å². The molecule has 0 amide bonds. The molecule has 0 fully saturated rings. The second-order valence-corrected chi connectivity index (χ2v) is 5.84. The van der Waals surface area contributed by atoms with Gasteiger partial charge in [-0.2, -0.15) is 4.98 Å². The van der Waals surface area contributed by atoms with Crippen molar-refractivity contribution >= 4 is 22.4 Å². The lowest BCUT2D eigenvalue weighted by Crippen LogP contribution is -2.00. The van der Waals surface area contributed by atoms with Crippen LogP contribution in [0.15, 0.2) is 47.1 Å². The summed E-state index contributed by atoms with van der Waals surface area (Å²) >= 11 is 0. The number of benzene rings is 1. The van der Waals surface area contributed by atoms with Gasteiger partial charge >= 0.3 is 0 Å². The van der Waals surface area contributed by atoms with E-state index in [-0.39, 0.29) is 0 Å². The zero-order valence-corrected chi connectivity index (χ0v) is 14.6. The molecule has 7 nitrogen and oxygen atoms in total. The van der Waals surface area contributed by atoms with Gasteiger partial charge in [-0.15, -0.1) is 0 Å². The topological polar surface area (TPSA) is 86.0 Å². The monoisotopic (exact) mass is 347 g/mol. The van der Waals surface area contributed by atoms with Gasteiger partial charge in [-0.1, -0.05) is 17.3 Å². The zero-order valence-electron chi connectivity index (χ0n) is 14.6. The minimum Gasteiger partial charge on any atom is -0.495 e. The number of aryl methyl sites for hydroxylation is 2. The van der Waals surface area contributed by atoms with Crippen LogP contribution < -0.4 is 10.1 Å². The fourth-order valence-electron chi connectivity index (χ4n) is 2.76. The van der Waals surface area contributed by atoms with Gasteiger partial charge in [0.05, 0.1) is 24.0 Å². The third-order valence-corrected chi connectivity index (χ3v) is 3.99. The van der Waals surface area contributed by atoms with Crippen molar-refractivity contribution in [2.45, 2.75) is 13.8 Å². The van der Waals surface area contributed by atoms with E-state index in [0.717, 1.165) is 28.2 Å². The standard InChI is InChI=1S/C19H17N5O2/c1-11-8-9-13-17(23-15-6-4-5-7-16(15)25-3)14(10-20-18(13)21-11)19-22-12(2)24-26-19/h4-10H,1-3H3,(H,20,21,23). The molecule has 0 aliphatic rings. The first-order chi connectivity index (χ1) is 12.7. The Kier molecular flexibility index (Phi) is 3.96. The maximum absolute atomic E-state index is 5.45. The largest absolute Gasteiger partial charge is 0.495 e. The molecule has 0 atom stereocenters. The smallest absolute Gasteiger partial charge is 0.261 e. The van der Waals surface area contributed by atoms with Crippen LogP contribution in [0.4, 0.5) is 11.4 Å². The summed E-state index contributed by atoms with van der Waals surface area (Å²) in [6.45, 7) is 3.71. The van der Waals surface area contributed by atoms with Gasteiger partial charge in [-0.05, 0) is 38.1 Å². The number of anilines is 2. The van der Waals surface area contributed by atoms with Crippen molar-refractivity contribution in [2.24, 2.45) is 0 Å². The highest BCUT2D eigenvalue weighted by Crippen LogP contribution is 2.36. The molecule has 0 spiro atoms. The van der Waals surface area contributed by atoms with Crippen molar-refractivity contribution in [3.05, 3.63) is 54.1 Å². The van der Waals surface area contributed by atoms with Gasteiger partial charge in [-0.3, -0.25) is 0 Å². The molecule has 0 radical (unpaired) electrons. The van der Waals surface area contributed by atoms with E-state index < -0.39 is 0 Å². The Hall–Kier alpha value is -3.48. The lowest BCUT2D eigenvalue weighted by atomic mass is 10.1. The van der Waals surface area contributed by atoms with Crippen molar-refractivity contribution in [3.8, 4) is 17.2 Å². The molecule has 0 bridgehead atoms. The van der Waals surface area contributed by atoms with Crippen molar-refractivity contribution in [1.82, 2.24) is 20.1 Å². The van der Waals surface area contributed by atoms with E-state index in [4.69, 9.17) is 9.26 Å². The first-order valence-electron chi connectivity index (χ1n) is 8.13. The highest BCUT2D eigenvalue weighted by molar-refractivity contribution is 5.98. The molecule has 0 saturated heterocycles. The van der Waals surface area contributed by atoms with Gasteiger partial charge in [0.2, 0.25) is 0 Å². The molecule has 0 aliphatic carbocycles. The predicted molar refractivity (Wildman–Crippen MR) is 98.6 cm³/mol. The molecular formula is C19H17N5O2. The van der Waals surface area contributed by atoms with Crippen LogP contribution in [0, 0.1) is 13.8 Å². The van der Waals surface area contributed by atoms with Crippen LogP contribution in [0.5, 0.6) is 5.75 Å². The average Bonchev–Trinajstić information content (AvgIpc) is 3.08. The van der Waals surface area contributed by atoms with Crippen LogP contribution in [0.25, 0.3) is 22.5 Å². The summed E-state index contributed by atoms with van der Waals surface area (Å²) in [7, 11) is 1.64. The zero-order chi connectivity index (χ0) is 18.1. The lowest BCUT2D eigenvalue weighted by Gasteiger charge is -2.15. The summed E-state index contributed by atoms with van der Waals surface area (Å²) in [5.41, 5.74) is 3.85. The number of nitrogens with zero attached hydrogens (tertiary/aromatic N) is 4. The molecule has 0 unspecified atom stereocenters. The summed E-state index contributed by atoms with van der Waals surface area (Å²) < 4.78 is 10.8. The Morgan fingerprint density at radius 3 is 2.65 bits per heavy atom. The minimum absolute atomic E-state index is 0.398. The van der Waals surface area contributed by atoms with Gasteiger partial charge in [0.25, 0.3) is 5.89 Å².